The van der Waals surface area contributed by atoms with Crippen molar-refractivity contribution >= 4 is 21.6 Å². The molecule has 2 aromatic rings. The third kappa shape index (κ3) is 2.36. The van der Waals surface area contributed by atoms with Gasteiger partial charge in [-0.3, -0.25) is 10.1 Å². The Labute approximate surface area is 107 Å². The Morgan fingerprint density at radius 1 is 1.12 bits per heavy atom. The molecule has 0 aliphatic carbocycles. The van der Waals surface area contributed by atoms with Gasteiger partial charge in [0, 0.05) is 16.1 Å². The lowest BCUT2D eigenvalue weighted by atomic mass is 10.0. The average molecular weight is 292 g/mol. The second kappa shape index (κ2) is 4.67. The fraction of sp³-hybridized carbons (Fsp3) is 0.0769. The van der Waals surface area contributed by atoms with Crippen LogP contribution in [0.3, 0.4) is 0 Å². The molecular weight excluding hydrogens is 282 g/mol. The van der Waals surface area contributed by atoms with Gasteiger partial charge in [-0.2, -0.15) is 0 Å². The molecule has 0 saturated heterocycles. The minimum atomic E-state index is -0.357. The van der Waals surface area contributed by atoms with Crippen LogP contribution in [0.4, 0.5) is 5.69 Å². The molecule has 3 nitrogen and oxygen atoms in total. The summed E-state index contributed by atoms with van der Waals surface area (Å²) in [7, 11) is 0. The van der Waals surface area contributed by atoms with Crippen molar-refractivity contribution in [3.8, 4) is 11.1 Å². The Hall–Kier alpha value is -1.68. The summed E-state index contributed by atoms with van der Waals surface area (Å²) in [5, 5.41) is 11.0. The van der Waals surface area contributed by atoms with Crippen LogP contribution in [-0.2, 0) is 0 Å². The molecule has 0 saturated carbocycles. The molecule has 0 bridgehead atoms. The van der Waals surface area contributed by atoms with Crippen molar-refractivity contribution in [1.82, 2.24) is 0 Å². The maximum absolute atomic E-state index is 11.0. The predicted octanol–water partition coefficient (Wildman–Crippen LogP) is 4.33. The number of nitrogens with zero attached hydrogens (tertiary/aromatic N) is 1. The number of benzene rings is 2. The van der Waals surface area contributed by atoms with Crippen LogP contribution in [0.5, 0.6) is 0 Å². The second-order valence-electron chi connectivity index (χ2n) is 3.76. The SMILES string of the molecule is Cc1ccc(Br)c(-c2ccccc2[N+](=O)[O-])c1. The van der Waals surface area contributed by atoms with Crippen LogP contribution in [0.15, 0.2) is 46.9 Å². The Bertz CT molecular complexity index is 581. The van der Waals surface area contributed by atoms with Gasteiger partial charge in [-0.05, 0) is 19.1 Å². The molecule has 0 amide bonds. The molecule has 0 aromatic heterocycles. The van der Waals surface area contributed by atoms with E-state index < -0.39 is 0 Å². The molecule has 0 spiro atoms. The summed E-state index contributed by atoms with van der Waals surface area (Å²) in [5.41, 5.74) is 2.67. The molecule has 0 aliphatic rings. The van der Waals surface area contributed by atoms with Crippen molar-refractivity contribution in [2.45, 2.75) is 6.92 Å². The van der Waals surface area contributed by atoms with Gasteiger partial charge < -0.3 is 0 Å². The van der Waals surface area contributed by atoms with Gasteiger partial charge in [0.2, 0.25) is 0 Å². The summed E-state index contributed by atoms with van der Waals surface area (Å²) in [6.45, 7) is 1.96. The summed E-state index contributed by atoms with van der Waals surface area (Å²) in [6, 6.07) is 12.6. The molecule has 0 atom stereocenters. The fourth-order valence-corrected chi connectivity index (χ4v) is 2.17. The molecule has 86 valence electrons. The van der Waals surface area contributed by atoms with Crippen molar-refractivity contribution in [1.29, 1.82) is 0 Å². The van der Waals surface area contributed by atoms with Crippen molar-refractivity contribution in [2.75, 3.05) is 0 Å². The highest BCUT2D eigenvalue weighted by Crippen LogP contribution is 2.35. The van der Waals surface area contributed by atoms with Gasteiger partial charge in [0.1, 0.15) is 0 Å². The number of rotatable bonds is 2. The zero-order valence-electron chi connectivity index (χ0n) is 9.18. The number of para-hydroxylation sites is 1. The number of aryl methyl sites for hydroxylation is 1. The first kappa shape index (κ1) is 11.8. The average Bonchev–Trinajstić information content (AvgIpc) is 2.32. The molecule has 17 heavy (non-hydrogen) atoms. The number of halogens is 1. The molecule has 2 rings (SSSR count). The maximum Gasteiger partial charge on any atom is 0.277 e. The fourth-order valence-electron chi connectivity index (χ4n) is 1.71. The quantitative estimate of drug-likeness (QED) is 0.610. The van der Waals surface area contributed by atoms with E-state index in [0.29, 0.717) is 5.56 Å². The zero-order chi connectivity index (χ0) is 12.4. The zero-order valence-corrected chi connectivity index (χ0v) is 10.8. The summed E-state index contributed by atoms with van der Waals surface area (Å²) in [6.07, 6.45) is 0. The monoisotopic (exact) mass is 291 g/mol. The normalized spacial score (nSPS) is 10.2. The molecular formula is C13H10BrNO2. The predicted molar refractivity (Wildman–Crippen MR) is 71.0 cm³/mol. The summed E-state index contributed by atoms with van der Waals surface area (Å²) >= 11 is 3.43. The molecule has 0 radical (unpaired) electrons. The van der Waals surface area contributed by atoms with E-state index in [0.717, 1.165) is 15.6 Å². The van der Waals surface area contributed by atoms with Crippen LogP contribution >= 0.6 is 15.9 Å². The first-order valence-electron chi connectivity index (χ1n) is 5.09. The topological polar surface area (TPSA) is 43.1 Å². The number of nitro benzene ring substituents is 1. The Balaban J connectivity index is 2.68. The van der Waals surface area contributed by atoms with E-state index in [1.807, 2.05) is 25.1 Å². The van der Waals surface area contributed by atoms with Crippen LogP contribution in [0.2, 0.25) is 0 Å². The minimum absolute atomic E-state index is 0.124. The largest absolute Gasteiger partial charge is 0.277 e. The molecule has 0 unspecified atom stereocenters. The van der Waals surface area contributed by atoms with Crippen molar-refractivity contribution in [2.24, 2.45) is 0 Å². The van der Waals surface area contributed by atoms with E-state index in [2.05, 4.69) is 15.9 Å². The highest BCUT2D eigenvalue weighted by Gasteiger charge is 2.15. The van der Waals surface area contributed by atoms with E-state index >= 15 is 0 Å². The van der Waals surface area contributed by atoms with E-state index in [1.165, 1.54) is 6.07 Å². The lowest BCUT2D eigenvalue weighted by Crippen LogP contribution is -1.92. The maximum atomic E-state index is 11.0. The highest BCUT2D eigenvalue weighted by molar-refractivity contribution is 9.10. The van der Waals surface area contributed by atoms with E-state index in [1.54, 1.807) is 18.2 Å². The number of hydrogen-bond acceptors (Lipinski definition) is 2. The lowest BCUT2D eigenvalue weighted by Gasteiger charge is -2.06. The van der Waals surface area contributed by atoms with Crippen molar-refractivity contribution in [3.05, 3.63) is 62.6 Å². The molecule has 0 N–H and O–H groups in total. The number of hydrogen-bond donors (Lipinski definition) is 0. The van der Waals surface area contributed by atoms with Gasteiger partial charge in [-0.15, -0.1) is 0 Å². The first-order valence-corrected chi connectivity index (χ1v) is 5.89. The standard InChI is InChI=1S/C13H10BrNO2/c1-9-6-7-12(14)11(8-9)10-4-2-3-5-13(10)15(16)17/h2-8H,1H3. The van der Waals surface area contributed by atoms with Gasteiger partial charge in [0.05, 0.1) is 10.5 Å². The van der Waals surface area contributed by atoms with E-state index in [9.17, 15) is 10.1 Å². The highest BCUT2D eigenvalue weighted by atomic mass is 79.9. The molecule has 0 fully saturated rings. The van der Waals surface area contributed by atoms with E-state index in [-0.39, 0.29) is 10.6 Å². The molecule has 0 aliphatic heterocycles. The van der Waals surface area contributed by atoms with Gasteiger partial charge in [0.15, 0.2) is 0 Å². The third-order valence-corrected chi connectivity index (χ3v) is 3.20. The smallest absolute Gasteiger partial charge is 0.258 e. The third-order valence-electron chi connectivity index (χ3n) is 2.51. The second-order valence-corrected chi connectivity index (χ2v) is 4.61. The lowest BCUT2D eigenvalue weighted by molar-refractivity contribution is -0.384. The van der Waals surface area contributed by atoms with Crippen LogP contribution < -0.4 is 0 Å². The van der Waals surface area contributed by atoms with Gasteiger partial charge in [0.25, 0.3) is 5.69 Å². The Morgan fingerprint density at radius 2 is 1.82 bits per heavy atom. The van der Waals surface area contributed by atoms with Crippen molar-refractivity contribution < 1.29 is 4.92 Å². The molecule has 2 aromatic carbocycles. The molecule has 4 heteroatoms. The van der Waals surface area contributed by atoms with Crippen LogP contribution in [0, 0.1) is 17.0 Å². The summed E-state index contributed by atoms with van der Waals surface area (Å²) < 4.78 is 0.859. The van der Waals surface area contributed by atoms with E-state index in [4.69, 9.17) is 0 Å². The first-order chi connectivity index (χ1) is 8.09. The van der Waals surface area contributed by atoms with Crippen LogP contribution in [0.25, 0.3) is 11.1 Å². The van der Waals surface area contributed by atoms with Gasteiger partial charge in [-0.25, -0.2) is 0 Å². The summed E-state index contributed by atoms with van der Waals surface area (Å²) in [5.74, 6) is 0. The Morgan fingerprint density at radius 3 is 2.53 bits per heavy atom. The minimum Gasteiger partial charge on any atom is -0.258 e. The van der Waals surface area contributed by atoms with Gasteiger partial charge in [-0.1, -0.05) is 45.8 Å². The van der Waals surface area contributed by atoms with Crippen LogP contribution in [-0.4, -0.2) is 4.92 Å². The van der Waals surface area contributed by atoms with Crippen molar-refractivity contribution in [3.63, 3.8) is 0 Å². The Kier molecular flexibility index (Phi) is 3.24. The van der Waals surface area contributed by atoms with Crippen LogP contribution in [0.1, 0.15) is 5.56 Å². The van der Waals surface area contributed by atoms with Gasteiger partial charge >= 0.3 is 0 Å². The molecule has 0 heterocycles. The summed E-state index contributed by atoms with van der Waals surface area (Å²) in [4.78, 5) is 10.6. The number of nitro groups is 1.